The monoisotopic (exact) mass is 565 g/mol. The lowest BCUT2D eigenvalue weighted by atomic mass is 10.0. The number of aliphatic carboxylic acids is 1. The molecular formula is C30H26F3N3O5. The van der Waals surface area contributed by atoms with Crippen LogP contribution in [0.3, 0.4) is 0 Å². The number of carboxylic acids is 1. The minimum atomic E-state index is -4.63. The maximum atomic E-state index is 13.7. The minimum Gasteiger partial charge on any atom is -0.481 e. The van der Waals surface area contributed by atoms with Crippen LogP contribution in [0.1, 0.15) is 35.3 Å². The van der Waals surface area contributed by atoms with Crippen molar-refractivity contribution in [2.75, 3.05) is 0 Å². The van der Waals surface area contributed by atoms with E-state index in [0.29, 0.717) is 16.7 Å². The van der Waals surface area contributed by atoms with E-state index in [-0.39, 0.29) is 30.0 Å². The van der Waals surface area contributed by atoms with Crippen LogP contribution in [0.25, 0.3) is 11.1 Å². The standard InChI is InChI=1S/C30H26F3N3O5/c1-18-28(20-6-4-3-5-7-20)41-29(39)36(18)17-21-14-23(30(31,32)33)9-11-25(21)40-26-12-19(13-27(37)38)8-10-24(26)22-15-34-35(2)16-22/h3-12,14-16,18,28H,13,17H2,1-2H3,(H,37,38)/t18-,28-/m1/s1. The van der Waals surface area contributed by atoms with Crippen LogP contribution in [0, 0.1) is 0 Å². The first kappa shape index (κ1) is 27.8. The number of carboxylic acid groups (broad SMARTS) is 1. The molecule has 5 rings (SSSR count). The number of nitrogens with zero attached hydrogens (tertiary/aromatic N) is 3. The Morgan fingerprint density at radius 3 is 2.49 bits per heavy atom. The van der Waals surface area contributed by atoms with Gasteiger partial charge >= 0.3 is 18.2 Å². The van der Waals surface area contributed by atoms with E-state index >= 15 is 0 Å². The summed E-state index contributed by atoms with van der Waals surface area (Å²) in [6, 6.07) is 16.6. The summed E-state index contributed by atoms with van der Waals surface area (Å²) in [6.07, 6.45) is -2.82. The van der Waals surface area contributed by atoms with Gasteiger partial charge in [0.2, 0.25) is 0 Å². The van der Waals surface area contributed by atoms with Crippen molar-refractivity contribution in [3.63, 3.8) is 0 Å². The predicted octanol–water partition coefficient (Wildman–Crippen LogP) is 6.61. The second-order valence-corrected chi connectivity index (χ2v) is 9.81. The van der Waals surface area contributed by atoms with Crippen LogP contribution < -0.4 is 4.74 Å². The number of carbonyl (C=O) groups is 2. The summed E-state index contributed by atoms with van der Waals surface area (Å²) in [7, 11) is 1.73. The molecule has 8 nitrogen and oxygen atoms in total. The van der Waals surface area contributed by atoms with Crippen molar-refractivity contribution in [2.45, 2.75) is 38.2 Å². The van der Waals surface area contributed by atoms with Crippen LogP contribution in [0.15, 0.2) is 79.1 Å². The molecule has 1 saturated heterocycles. The molecule has 11 heteroatoms. The Kier molecular flexibility index (Phi) is 7.44. The fourth-order valence-electron chi connectivity index (χ4n) is 4.82. The van der Waals surface area contributed by atoms with Gasteiger partial charge in [0.1, 0.15) is 17.6 Å². The quantitative estimate of drug-likeness (QED) is 0.259. The number of alkyl halides is 3. The van der Waals surface area contributed by atoms with Crippen molar-refractivity contribution in [1.29, 1.82) is 0 Å². The summed E-state index contributed by atoms with van der Waals surface area (Å²) < 4.78 is 54.6. The van der Waals surface area contributed by atoms with E-state index in [2.05, 4.69) is 5.10 Å². The lowest BCUT2D eigenvalue weighted by Crippen LogP contribution is -2.31. The highest BCUT2D eigenvalue weighted by molar-refractivity contribution is 5.74. The zero-order valence-corrected chi connectivity index (χ0v) is 22.1. The van der Waals surface area contributed by atoms with Gasteiger partial charge in [0.25, 0.3) is 0 Å². The summed E-state index contributed by atoms with van der Waals surface area (Å²) in [5.41, 5.74) is 1.66. The zero-order valence-electron chi connectivity index (χ0n) is 22.1. The molecule has 1 aliphatic rings. The maximum absolute atomic E-state index is 13.7. The van der Waals surface area contributed by atoms with Crippen molar-refractivity contribution in [3.05, 3.63) is 101 Å². The first-order valence-corrected chi connectivity index (χ1v) is 12.7. The number of carbonyl (C=O) groups excluding carboxylic acids is 1. The Hall–Kier alpha value is -4.80. The third kappa shape index (κ3) is 6.03. The van der Waals surface area contributed by atoms with Crippen molar-refractivity contribution >= 4 is 12.1 Å². The Bertz CT molecular complexity index is 1590. The molecule has 0 spiro atoms. The highest BCUT2D eigenvalue weighted by atomic mass is 19.4. The SMILES string of the molecule is C[C@@H]1[C@H](c2ccccc2)OC(=O)N1Cc1cc(C(F)(F)F)ccc1Oc1cc(CC(=O)O)ccc1-c1cnn(C)c1. The van der Waals surface area contributed by atoms with Crippen molar-refractivity contribution in [3.8, 4) is 22.6 Å². The molecule has 0 bridgehead atoms. The molecule has 212 valence electrons. The molecule has 2 heterocycles. The molecule has 2 atom stereocenters. The van der Waals surface area contributed by atoms with E-state index in [1.165, 1.54) is 17.0 Å². The lowest BCUT2D eigenvalue weighted by molar-refractivity contribution is -0.138. The molecule has 1 amide bonds. The molecule has 0 aliphatic carbocycles. The summed E-state index contributed by atoms with van der Waals surface area (Å²) in [6.45, 7) is 1.56. The smallest absolute Gasteiger partial charge is 0.416 e. The van der Waals surface area contributed by atoms with Gasteiger partial charge in [0.05, 0.1) is 30.8 Å². The Labute approximate surface area is 233 Å². The second kappa shape index (κ2) is 11.0. The number of aryl methyl sites for hydroxylation is 1. The fraction of sp³-hybridized carbons (Fsp3) is 0.233. The van der Waals surface area contributed by atoms with Crippen molar-refractivity contribution in [2.24, 2.45) is 7.05 Å². The molecule has 0 unspecified atom stereocenters. The van der Waals surface area contributed by atoms with Crippen LogP contribution in [-0.4, -0.2) is 37.9 Å². The normalized spacial score (nSPS) is 17.0. The third-order valence-electron chi connectivity index (χ3n) is 6.89. The highest BCUT2D eigenvalue weighted by Gasteiger charge is 2.40. The Balaban J connectivity index is 1.53. The molecule has 0 radical (unpaired) electrons. The van der Waals surface area contributed by atoms with Crippen LogP contribution in [0.4, 0.5) is 18.0 Å². The van der Waals surface area contributed by atoms with Gasteiger partial charge in [-0.05, 0) is 42.3 Å². The van der Waals surface area contributed by atoms with Crippen LogP contribution in [0.2, 0.25) is 0 Å². The van der Waals surface area contributed by atoms with Crippen molar-refractivity contribution in [1.82, 2.24) is 14.7 Å². The molecule has 1 aromatic heterocycles. The molecule has 1 fully saturated rings. The van der Waals surface area contributed by atoms with Crippen LogP contribution >= 0.6 is 0 Å². The summed E-state index contributed by atoms with van der Waals surface area (Å²) >= 11 is 0. The number of benzene rings is 3. The lowest BCUT2D eigenvalue weighted by Gasteiger charge is -2.23. The number of cyclic esters (lactones) is 1. The average Bonchev–Trinajstić information content (AvgIpc) is 3.47. The van der Waals surface area contributed by atoms with Crippen LogP contribution in [0.5, 0.6) is 11.5 Å². The number of rotatable bonds is 8. The first-order chi connectivity index (χ1) is 19.5. The zero-order chi connectivity index (χ0) is 29.3. The molecule has 1 aliphatic heterocycles. The van der Waals surface area contributed by atoms with Gasteiger partial charge in [-0.3, -0.25) is 14.4 Å². The summed E-state index contributed by atoms with van der Waals surface area (Å²) in [5.74, 6) is -0.731. The summed E-state index contributed by atoms with van der Waals surface area (Å²) in [5, 5.41) is 13.5. The van der Waals surface area contributed by atoms with Crippen LogP contribution in [-0.2, 0) is 35.7 Å². The number of aromatic nitrogens is 2. The average molecular weight is 566 g/mol. The highest BCUT2D eigenvalue weighted by Crippen LogP contribution is 2.40. The first-order valence-electron chi connectivity index (χ1n) is 12.7. The maximum Gasteiger partial charge on any atom is 0.416 e. The molecule has 0 saturated carbocycles. The van der Waals surface area contributed by atoms with E-state index in [1.807, 2.05) is 30.3 Å². The van der Waals surface area contributed by atoms with Gasteiger partial charge in [-0.15, -0.1) is 0 Å². The van der Waals surface area contributed by atoms with E-state index in [1.54, 1.807) is 43.2 Å². The minimum absolute atomic E-state index is 0.0822. The van der Waals surface area contributed by atoms with Gasteiger partial charge < -0.3 is 14.6 Å². The second-order valence-electron chi connectivity index (χ2n) is 9.81. The number of hydrogen-bond donors (Lipinski definition) is 1. The largest absolute Gasteiger partial charge is 0.481 e. The Morgan fingerprint density at radius 2 is 1.83 bits per heavy atom. The third-order valence-corrected chi connectivity index (χ3v) is 6.89. The van der Waals surface area contributed by atoms with Crippen molar-refractivity contribution < 1.29 is 37.3 Å². The van der Waals surface area contributed by atoms with E-state index in [0.717, 1.165) is 17.7 Å². The molecule has 41 heavy (non-hydrogen) atoms. The van der Waals surface area contributed by atoms with Gasteiger partial charge in [-0.1, -0.05) is 42.5 Å². The number of ether oxygens (including phenoxy) is 2. The van der Waals surface area contributed by atoms with Gasteiger partial charge in [-0.2, -0.15) is 18.3 Å². The number of amides is 1. The number of halogens is 3. The van der Waals surface area contributed by atoms with Gasteiger partial charge in [0, 0.05) is 29.9 Å². The molecule has 1 N–H and O–H groups in total. The fourth-order valence-corrected chi connectivity index (χ4v) is 4.82. The van der Waals surface area contributed by atoms with Gasteiger partial charge in [0.15, 0.2) is 0 Å². The topological polar surface area (TPSA) is 93.9 Å². The number of hydrogen-bond acceptors (Lipinski definition) is 5. The molecule has 3 aromatic carbocycles. The predicted molar refractivity (Wildman–Crippen MR) is 142 cm³/mol. The summed E-state index contributed by atoms with van der Waals surface area (Å²) in [4.78, 5) is 25.6. The molecule has 4 aromatic rings. The van der Waals surface area contributed by atoms with E-state index < -0.39 is 35.9 Å². The van der Waals surface area contributed by atoms with E-state index in [9.17, 15) is 27.9 Å². The molecular weight excluding hydrogens is 539 g/mol. The van der Waals surface area contributed by atoms with E-state index in [4.69, 9.17) is 9.47 Å². The Morgan fingerprint density at radius 1 is 1.07 bits per heavy atom. The van der Waals surface area contributed by atoms with Gasteiger partial charge in [-0.25, -0.2) is 4.79 Å².